The molecule has 0 spiro atoms. The molecule has 0 fully saturated rings. The summed E-state index contributed by atoms with van der Waals surface area (Å²) in [4.78, 5) is 8.85. The first kappa shape index (κ1) is 16.8. The van der Waals surface area contributed by atoms with Crippen molar-refractivity contribution in [3.63, 3.8) is 0 Å². The van der Waals surface area contributed by atoms with Crippen LogP contribution in [-0.2, 0) is 6.54 Å². The average Bonchev–Trinajstić information content (AvgIpc) is 2.93. The molecule has 2 rings (SSSR count). The van der Waals surface area contributed by atoms with Gasteiger partial charge in [-0.05, 0) is 34.0 Å². The first-order valence-electron chi connectivity index (χ1n) is 7.73. The molecule has 0 atom stereocenters. The Morgan fingerprint density at radius 3 is 2.73 bits per heavy atom. The largest absolute Gasteiger partial charge is 0.356 e. The summed E-state index contributed by atoms with van der Waals surface area (Å²) in [6.45, 7) is 6.05. The number of fused-ring (bicyclic) bond motifs is 1. The van der Waals surface area contributed by atoms with Crippen molar-refractivity contribution in [2.45, 2.75) is 33.2 Å². The minimum atomic E-state index is 0.655. The molecule has 120 valence electrons. The van der Waals surface area contributed by atoms with E-state index in [0.29, 0.717) is 12.5 Å². The number of nitrogens with one attached hydrogen (secondary N) is 2. The Morgan fingerprint density at radius 1 is 1.27 bits per heavy atom. The van der Waals surface area contributed by atoms with E-state index < -0.39 is 0 Å². The van der Waals surface area contributed by atoms with Gasteiger partial charge in [0.05, 0.1) is 12.2 Å². The lowest BCUT2D eigenvalue weighted by atomic mass is 10.0. The van der Waals surface area contributed by atoms with Crippen LogP contribution in [0, 0.1) is 5.92 Å². The predicted octanol–water partition coefficient (Wildman–Crippen LogP) is 3.20. The van der Waals surface area contributed by atoms with Crippen LogP contribution in [-0.4, -0.2) is 28.9 Å². The Balaban J connectivity index is 1.91. The molecule has 2 N–H and O–H groups in total. The van der Waals surface area contributed by atoms with Crippen molar-refractivity contribution in [3.05, 3.63) is 34.7 Å². The van der Waals surface area contributed by atoms with Crippen LogP contribution in [0.25, 0.3) is 5.65 Å². The van der Waals surface area contributed by atoms with Gasteiger partial charge >= 0.3 is 0 Å². The lowest BCUT2D eigenvalue weighted by molar-refractivity contribution is 0.481. The molecule has 2 aromatic rings. The lowest BCUT2D eigenvalue weighted by Gasteiger charge is -2.16. The summed E-state index contributed by atoms with van der Waals surface area (Å²) in [5.41, 5.74) is 1.93. The summed E-state index contributed by atoms with van der Waals surface area (Å²) < 4.78 is 3.06. The van der Waals surface area contributed by atoms with Crippen LogP contribution in [0.4, 0.5) is 0 Å². The minimum absolute atomic E-state index is 0.655. The minimum Gasteiger partial charge on any atom is -0.356 e. The van der Waals surface area contributed by atoms with Crippen LogP contribution in [0.15, 0.2) is 34.0 Å². The number of nitrogens with zero attached hydrogens (tertiary/aromatic N) is 3. The number of imidazole rings is 1. The van der Waals surface area contributed by atoms with Crippen LogP contribution < -0.4 is 10.6 Å². The second-order valence-corrected chi connectivity index (χ2v) is 6.25. The van der Waals surface area contributed by atoms with Gasteiger partial charge in [0.2, 0.25) is 0 Å². The molecule has 0 aliphatic rings. The van der Waals surface area contributed by atoms with E-state index in [-0.39, 0.29) is 0 Å². The fraction of sp³-hybridized carbons (Fsp3) is 0.500. The topological polar surface area (TPSA) is 53.7 Å². The Kier molecular flexibility index (Phi) is 6.24. The fourth-order valence-electron chi connectivity index (χ4n) is 2.32. The van der Waals surface area contributed by atoms with Gasteiger partial charge in [-0.2, -0.15) is 0 Å². The van der Waals surface area contributed by atoms with Crippen LogP contribution in [0.3, 0.4) is 0 Å². The molecule has 0 aliphatic heterocycles. The van der Waals surface area contributed by atoms with Crippen molar-refractivity contribution in [3.8, 4) is 0 Å². The summed E-state index contributed by atoms with van der Waals surface area (Å²) >= 11 is 3.47. The molecule has 0 amide bonds. The molecule has 0 bridgehead atoms. The average molecular weight is 366 g/mol. The highest BCUT2D eigenvalue weighted by atomic mass is 79.9. The number of rotatable bonds is 6. The summed E-state index contributed by atoms with van der Waals surface area (Å²) in [5, 5.41) is 6.70. The van der Waals surface area contributed by atoms with Gasteiger partial charge in [0.25, 0.3) is 0 Å². The van der Waals surface area contributed by atoms with Gasteiger partial charge in [-0.15, -0.1) is 0 Å². The smallest absolute Gasteiger partial charge is 0.191 e. The summed E-state index contributed by atoms with van der Waals surface area (Å²) in [7, 11) is 1.79. The Morgan fingerprint density at radius 2 is 2.05 bits per heavy atom. The molecule has 2 aromatic heterocycles. The predicted molar refractivity (Wildman–Crippen MR) is 95.2 cm³/mol. The maximum atomic E-state index is 4.58. The first-order valence-corrected chi connectivity index (χ1v) is 8.53. The maximum absolute atomic E-state index is 4.58. The van der Waals surface area contributed by atoms with Gasteiger partial charge in [0, 0.05) is 30.5 Å². The molecule has 0 saturated heterocycles. The monoisotopic (exact) mass is 365 g/mol. The van der Waals surface area contributed by atoms with Crippen LogP contribution >= 0.6 is 15.9 Å². The molecule has 6 heteroatoms. The molecule has 0 aromatic carbocycles. The highest BCUT2D eigenvalue weighted by molar-refractivity contribution is 9.10. The highest BCUT2D eigenvalue weighted by Gasteiger charge is 2.06. The zero-order chi connectivity index (χ0) is 15.9. The van der Waals surface area contributed by atoms with Crippen molar-refractivity contribution in [1.29, 1.82) is 0 Å². The van der Waals surface area contributed by atoms with Crippen LogP contribution in [0.2, 0.25) is 0 Å². The summed E-state index contributed by atoms with van der Waals surface area (Å²) in [5.74, 6) is 1.51. The van der Waals surface area contributed by atoms with E-state index in [0.717, 1.165) is 28.3 Å². The fourth-order valence-corrected chi connectivity index (χ4v) is 2.67. The number of hydrogen-bond acceptors (Lipinski definition) is 2. The third kappa shape index (κ3) is 4.47. The van der Waals surface area contributed by atoms with Gasteiger partial charge in [0.1, 0.15) is 5.65 Å². The number of aromatic nitrogens is 2. The van der Waals surface area contributed by atoms with E-state index >= 15 is 0 Å². The van der Waals surface area contributed by atoms with E-state index in [4.69, 9.17) is 0 Å². The molecule has 22 heavy (non-hydrogen) atoms. The van der Waals surface area contributed by atoms with Crippen LogP contribution in [0.5, 0.6) is 0 Å². The second kappa shape index (κ2) is 8.17. The van der Waals surface area contributed by atoms with Gasteiger partial charge < -0.3 is 15.0 Å². The van der Waals surface area contributed by atoms with Crippen molar-refractivity contribution in [1.82, 2.24) is 20.0 Å². The quantitative estimate of drug-likeness (QED) is 0.610. The van der Waals surface area contributed by atoms with E-state index in [2.05, 4.69) is 50.4 Å². The zero-order valence-corrected chi connectivity index (χ0v) is 15.0. The van der Waals surface area contributed by atoms with E-state index in [1.807, 2.05) is 28.9 Å². The SMILES string of the molecule is CCC(CC)CNC(=NC)NCc1cn2cc(Br)ccc2n1. The van der Waals surface area contributed by atoms with Crippen LogP contribution in [0.1, 0.15) is 32.4 Å². The first-order chi connectivity index (χ1) is 10.7. The molecule has 0 saturated carbocycles. The van der Waals surface area contributed by atoms with Gasteiger partial charge in [-0.3, -0.25) is 4.99 Å². The summed E-state index contributed by atoms with van der Waals surface area (Å²) in [6, 6.07) is 3.99. The second-order valence-electron chi connectivity index (χ2n) is 5.33. The number of aliphatic imine (C=N–C) groups is 1. The zero-order valence-electron chi connectivity index (χ0n) is 13.4. The Hall–Kier alpha value is -1.56. The normalized spacial score (nSPS) is 12.1. The third-order valence-electron chi connectivity index (χ3n) is 3.84. The number of pyridine rings is 1. The van der Waals surface area contributed by atoms with Crippen molar-refractivity contribution in [2.75, 3.05) is 13.6 Å². The number of halogens is 1. The van der Waals surface area contributed by atoms with Crippen molar-refractivity contribution < 1.29 is 0 Å². The Labute approximate surface area is 140 Å². The molecule has 0 unspecified atom stereocenters. The summed E-state index contributed by atoms with van der Waals surface area (Å²) in [6.07, 6.45) is 6.40. The van der Waals surface area contributed by atoms with E-state index in [1.165, 1.54) is 12.8 Å². The molecule has 5 nitrogen and oxygen atoms in total. The number of guanidine groups is 1. The number of hydrogen-bond donors (Lipinski definition) is 2. The molecule has 0 radical (unpaired) electrons. The standard InChI is InChI=1S/C16H24BrN5/c1-4-12(5-2)8-19-16(18-3)20-9-14-11-22-10-13(17)6-7-15(22)21-14/h6-7,10-12H,4-5,8-9H2,1-3H3,(H2,18,19,20). The highest BCUT2D eigenvalue weighted by Crippen LogP contribution is 2.12. The van der Waals surface area contributed by atoms with Crippen molar-refractivity contribution in [2.24, 2.45) is 10.9 Å². The molecule has 2 heterocycles. The van der Waals surface area contributed by atoms with E-state index in [9.17, 15) is 0 Å². The third-order valence-corrected chi connectivity index (χ3v) is 4.31. The molecular weight excluding hydrogens is 342 g/mol. The Bertz CT molecular complexity index is 630. The lowest BCUT2D eigenvalue weighted by Crippen LogP contribution is -2.39. The van der Waals surface area contributed by atoms with Gasteiger partial charge in [-0.1, -0.05) is 26.7 Å². The maximum Gasteiger partial charge on any atom is 0.191 e. The van der Waals surface area contributed by atoms with Gasteiger partial charge in [0.15, 0.2) is 5.96 Å². The van der Waals surface area contributed by atoms with E-state index in [1.54, 1.807) is 7.05 Å². The van der Waals surface area contributed by atoms with Gasteiger partial charge in [-0.25, -0.2) is 4.98 Å². The van der Waals surface area contributed by atoms with Crippen molar-refractivity contribution >= 4 is 27.5 Å². The molecule has 0 aliphatic carbocycles. The molecular formula is C16H24BrN5.